The van der Waals surface area contributed by atoms with Gasteiger partial charge in [0.05, 0.1) is 19.3 Å². The highest BCUT2D eigenvalue weighted by Crippen LogP contribution is 2.63. The molecule has 0 aromatic rings. The maximum atomic E-state index is 10.3. The van der Waals surface area contributed by atoms with Gasteiger partial charge in [0.2, 0.25) is 0 Å². The molecule has 9 atom stereocenters. The summed E-state index contributed by atoms with van der Waals surface area (Å²) in [5, 5.41) is 10.3. The Morgan fingerprint density at radius 1 is 0.667 bits per heavy atom. The predicted molar refractivity (Wildman–Crippen MR) is 244 cm³/mol. The van der Waals surface area contributed by atoms with Crippen molar-refractivity contribution < 1.29 is 19.3 Å². The molecule has 0 saturated heterocycles. The first kappa shape index (κ1) is 49.0. The molecule has 332 valence electrons. The molecule has 4 aliphatic carbocycles. The Kier molecular flexibility index (Phi) is 24.7. The van der Waals surface area contributed by atoms with Gasteiger partial charge >= 0.3 is 0 Å². The molecule has 0 spiro atoms. The second kappa shape index (κ2) is 28.8. The van der Waals surface area contributed by atoms with Gasteiger partial charge in [0.25, 0.3) is 0 Å². The first-order valence-electron chi connectivity index (χ1n) is 25.6. The summed E-state index contributed by atoms with van der Waals surface area (Å²) < 4.78 is 18.0. The predicted octanol–water partition coefficient (Wildman–Crippen LogP) is 15.0. The highest BCUT2D eigenvalue weighted by atomic mass is 16.5. The molecule has 0 bridgehead atoms. The lowest BCUT2D eigenvalue weighted by Gasteiger charge is -2.55. The van der Waals surface area contributed by atoms with Gasteiger partial charge in [-0.2, -0.15) is 0 Å². The van der Waals surface area contributed by atoms with Gasteiger partial charge < -0.3 is 19.3 Å². The van der Waals surface area contributed by atoms with Gasteiger partial charge in [-0.25, -0.2) is 0 Å². The third-order valence-electron chi connectivity index (χ3n) is 15.6. The summed E-state index contributed by atoms with van der Waals surface area (Å²) in [5.41, 5.74) is 2.19. The van der Waals surface area contributed by atoms with Crippen LogP contribution in [0.4, 0.5) is 0 Å². The van der Waals surface area contributed by atoms with Gasteiger partial charge in [0.15, 0.2) is 0 Å². The van der Waals surface area contributed by atoms with Crippen molar-refractivity contribution in [3.05, 3.63) is 23.8 Å². The maximum Gasteiger partial charge on any atom is 0.101 e. The van der Waals surface area contributed by atoms with Crippen LogP contribution in [-0.4, -0.2) is 50.3 Å². The van der Waals surface area contributed by atoms with E-state index in [2.05, 4.69) is 52.8 Å². The molecule has 3 fully saturated rings. The van der Waals surface area contributed by atoms with Gasteiger partial charge in [0.1, 0.15) is 6.10 Å². The minimum Gasteiger partial charge on any atom is -0.388 e. The van der Waals surface area contributed by atoms with E-state index in [1.807, 2.05) is 0 Å². The van der Waals surface area contributed by atoms with E-state index in [9.17, 15) is 5.11 Å². The van der Waals surface area contributed by atoms with E-state index >= 15 is 0 Å². The molecule has 0 aromatic heterocycles. The van der Waals surface area contributed by atoms with Crippen molar-refractivity contribution in [3.8, 4) is 0 Å². The largest absolute Gasteiger partial charge is 0.388 e. The number of unbranched alkanes of at least 4 members (excludes halogenated alkanes) is 15. The fraction of sp³-hybridized carbons (Fsp3) is 0.925. The van der Waals surface area contributed by atoms with Gasteiger partial charge in [-0.3, -0.25) is 0 Å². The molecule has 3 saturated carbocycles. The molecule has 57 heavy (non-hydrogen) atoms. The van der Waals surface area contributed by atoms with E-state index in [0.29, 0.717) is 24.7 Å². The van der Waals surface area contributed by atoms with Crippen LogP contribution in [0.15, 0.2) is 23.8 Å². The number of fused-ring (bicyclic) bond motifs is 5. The summed E-state index contributed by atoms with van der Waals surface area (Å²) in [6.07, 6.45) is 45.9. The summed E-state index contributed by atoms with van der Waals surface area (Å²) >= 11 is 0. The first-order chi connectivity index (χ1) is 27.8. The Balaban J connectivity index is 0.927. The van der Waals surface area contributed by atoms with Crippen LogP contribution in [0.2, 0.25) is 0 Å². The Hall–Kier alpha value is -0.680. The number of ether oxygens (including phenoxy) is 3. The van der Waals surface area contributed by atoms with Crippen molar-refractivity contribution in [1.29, 1.82) is 0 Å². The van der Waals surface area contributed by atoms with Crippen LogP contribution in [0.25, 0.3) is 0 Å². The minimum atomic E-state index is -0.516. The van der Waals surface area contributed by atoms with E-state index in [-0.39, 0.29) is 0 Å². The van der Waals surface area contributed by atoms with Crippen molar-refractivity contribution in [1.82, 2.24) is 0 Å². The molecule has 0 amide bonds. The topological polar surface area (TPSA) is 47.9 Å². The van der Waals surface area contributed by atoms with Crippen LogP contribution in [0.5, 0.6) is 0 Å². The fourth-order valence-corrected chi connectivity index (χ4v) is 12.1. The number of hydrogen-bond donors (Lipinski definition) is 1. The van der Waals surface area contributed by atoms with Crippen LogP contribution in [0, 0.1) is 46.8 Å². The summed E-state index contributed by atoms with van der Waals surface area (Å²) in [7, 11) is 0. The molecular weight excluding hydrogens is 701 g/mol. The Bertz CT molecular complexity index is 1070. The molecule has 2 unspecified atom stereocenters. The number of hydrogen-bond acceptors (Lipinski definition) is 4. The second-order valence-corrected chi connectivity index (χ2v) is 20.5. The average molecular weight is 797 g/mol. The van der Waals surface area contributed by atoms with Crippen LogP contribution < -0.4 is 0 Å². The van der Waals surface area contributed by atoms with Crippen molar-refractivity contribution in [3.63, 3.8) is 0 Å². The maximum absolute atomic E-state index is 10.3. The normalized spacial score (nSPS) is 28.4. The quantitative estimate of drug-likeness (QED) is 0.0531. The molecular formula is C53H96O4. The zero-order chi connectivity index (χ0) is 40.6. The molecule has 0 heterocycles. The van der Waals surface area contributed by atoms with Crippen LogP contribution in [0.1, 0.15) is 221 Å². The van der Waals surface area contributed by atoms with E-state index in [4.69, 9.17) is 14.2 Å². The van der Waals surface area contributed by atoms with E-state index in [1.54, 1.807) is 5.57 Å². The number of aliphatic hydroxyl groups is 1. The minimum absolute atomic E-state index is 0.383. The molecule has 4 aliphatic rings. The number of aliphatic hydroxyl groups excluding tert-OH is 1. The lowest BCUT2D eigenvalue weighted by molar-refractivity contribution is -0.0332. The molecule has 4 nitrogen and oxygen atoms in total. The van der Waals surface area contributed by atoms with Gasteiger partial charge in [-0.05, 0) is 143 Å². The molecule has 0 radical (unpaired) electrons. The molecule has 1 N–H and O–H groups in total. The van der Waals surface area contributed by atoms with Gasteiger partial charge in [-0.15, -0.1) is 0 Å². The zero-order valence-corrected chi connectivity index (χ0v) is 38.6. The van der Waals surface area contributed by atoms with Crippen LogP contribution >= 0.6 is 0 Å². The number of rotatable bonds is 33. The van der Waals surface area contributed by atoms with E-state index < -0.39 is 6.10 Å². The molecule has 0 aliphatic heterocycles. The summed E-state index contributed by atoms with van der Waals surface area (Å²) in [6.45, 7) is 15.5. The third kappa shape index (κ3) is 17.7. The van der Waals surface area contributed by atoms with E-state index in [0.717, 1.165) is 80.5 Å². The van der Waals surface area contributed by atoms with Crippen molar-refractivity contribution in [2.75, 3.05) is 33.0 Å². The first-order valence-corrected chi connectivity index (χ1v) is 25.6. The summed E-state index contributed by atoms with van der Waals surface area (Å²) in [5.74, 6) is 6.64. The number of allylic oxidation sites excluding steroid dienone is 3. The van der Waals surface area contributed by atoms with Crippen LogP contribution in [-0.2, 0) is 14.2 Å². The standard InChI is InChI=1S/C53H96O4/c1-6-7-8-9-10-11-12-13-14-15-16-17-18-19-20-23-37-55-41-46(54)42-56-38-24-21-22-25-39-57-47-35-36-53(5)45(40-47)29-30-51-50-32-31-48(49(50)33-34-52(51)53)44(4)28-26-27-43(2)3/h13-14,29,43-44,46-52,54H,6-12,15-28,30-42H2,1-5H3/b14-13-/t44-,46-,47+,48-,49-,50?,51+,52?,53+/m1/s1. The zero-order valence-electron chi connectivity index (χ0n) is 38.6. The SMILES string of the molecule is CCCCCCCC/C=C\CCCCCCCCOC[C@@H](O)COCCCCCCO[C@H]1CC[C@@]2(C)C(=CC[C@H]3C4CC[C@H]([C@H](C)CCCC(C)C)[C@H]4CCC32)C1. The Morgan fingerprint density at radius 3 is 1.91 bits per heavy atom. The lowest BCUT2D eigenvalue weighted by Crippen LogP contribution is -2.48. The second-order valence-electron chi connectivity index (χ2n) is 20.5. The monoisotopic (exact) mass is 797 g/mol. The Morgan fingerprint density at radius 2 is 1.26 bits per heavy atom. The highest BCUT2D eigenvalue weighted by Gasteiger charge is 2.54. The van der Waals surface area contributed by atoms with Crippen LogP contribution in [0.3, 0.4) is 0 Å². The molecule has 4 heteroatoms. The lowest BCUT2D eigenvalue weighted by atomic mass is 9.50. The average Bonchev–Trinajstić information content (AvgIpc) is 3.64. The highest BCUT2D eigenvalue weighted by molar-refractivity contribution is 5.25. The van der Waals surface area contributed by atoms with Crippen molar-refractivity contribution in [2.24, 2.45) is 46.8 Å². The smallest absolute Gasteiger partial charge is 0.101 e. The third-order valence-corrected chi connectivity index (χ3v) is 15.6. The van der Waals surface area contributed by atoms with Gasteiger partial charge in [-0.1, -0.05) is 148 Å². The fourth-order valence-electron chi connectivity index (χ4n) is 12.1. The van der Waals surface area contributed by atoms with Crippen molar-refractivity contribution in [2.45, 2.75) is 233 Å². The molecule has 0 aromatic carbocycles. The summed E-state index contributed by atoms with van der Waals surface area (Å²) in [6, 6.07) is 0. The van der Waals surface area contributed by atoms with E-state index in [1.165, 1.54) is 167 Å². The van der Waals surface area contributed by atoms with Crippen molar-refractivity contribution >= 4 is 0 Å². The van der Waals surface area contributed by atoms with Gasteiger partial charge in [0, 0.05) is 19.8 Å². The Labute approximate surface area is 354 Å². The molecule has 4 rings (SSSR count). The summed E-state index contributed by atoms with van der Waals surface area (Å²) in [4.78, 5) is 0.